The van der Waals surface area contributed by atoms with Crippen LogP contribution >= 0.6 is 0 Å². The molecule has 0 fully saturated rings. The second-order valence-electron chi connectivity index (χ2n) is 3.22. The van der Waals surface area contributed by atoms with Crippen molar-refractivity contribution in [3.05, 3.63) is 23.5 Å². The Balaban J connectivity index is 0.000000673. The van der Waals surface area contributed by atoms with Gasteiger partial charge in [0.15, 0.2) is 5.75 Å². The number of halogens is 1. The Labute approximate surface area is 95.6 Å². The van der Waals surface area contributed by atoms with Crippen molar-refractivity contribution in [3.63, 3.8) is 0 Å². The normalized spacial score (nSPS) is 8.81. The molecule has 0 atom stereocenters. The molecule has 0 heterocycles. The minimum Gasteiger partial charge on any atom is -0.426 e. The van der Waals surface area contributed by atoms with E-state index in [1.54, 1.807) is 14.0 Å². The van der Waals surface area contributed by atoms with Crippen LogP contribution in [0.2, 0.25) is 0 Å². The van der Waals surface area contributed by atoms with Crippen LogP contribution in [0, 0.1) is 12.7 Å². The quantitative estimate of drug-likeness (QED) is 0.806. The van der Waals surface area contributed by atoms with Gasteiger partial charge in [0.25, 0.3) is 6.47 Å². The van der Waals surface area contributed by atoms with E-state index in [4.69, 9.17) is 0 Å². The Kier molecular flexibility index (Phi) is 6.92. The zero-order chi connectivity index (χ0) is 12.6. The molecule has 0 aliphatic rings. The van der Waals surface area contributed by atoms with Crippen molar-refractivity contribution in [2.24, 2.45) is 0 Å². The fourth-order valence-corrected chi connectivity index (χ4v) is 1.06. The van der Waals surface area contributed by atoms with Gasteiger partial charge in [0.1, 0.15) is 5.82 Å². The fourth-order valence-electron chi connectivity index (χ4n) is 1.06. The summed E-state index contributed by atoms with van der Waals surface area (Å²) in [6.45, 7) is 6.08. The first-order valence-electron chi connectivity index (χ1n) is 5.19. The third kappa shape index (κ3) is 3.88. The largest absolute Gasteiger partial charge is 0.426 e. The summed E-state index contributed by atoms with van der Waals surface area (Å²) in [6, 6.07) is 2.83. The lowest BCUT2D eigenvalue weighted by molar-refractivity contribution is -0.120. The minimum atomic E-state index is -0.393. The van der Waals surface area contributed by atoms with Crippen LogP contribution in [0.4, 0.5) is 10.1 Å². The predicted octanol–water partition coefficient (Wildman–Crippen LogP) is 3.13. The van der Waals surface area contributed by atoms with E-state index >= 15 is 0 Å². The molecule has 0 saturated heterocycles. The second-order valence-corrected chi connectivity index (χ2v) is 3.22. The van der Waals surface area contributed by atoms with E-state index in [0.29, 0.717) is 11.3 Å². The lowest BCUT2D eigenvalue weighted by atomic mass is 10.2. The maximum Gasteiger partial charge on any atom is 0.298 e. The van der Waals surface area contributed by atoms with Gasteiger partial charge in [-0.1, -0.05) is 20.3 Å². The SMILES string of the molecule is CCC.CNc1ccc(F)c(C)c1OC=O. The van der Waals surface area contributed by atoms with Gasteiger partial charge in [-0.3, -0.25) is 4.79 Å². The van der Waals surface area contributed by atoms with Crippen LogP contribution in [-0.2, 0) is 4.79 Å². The van der Waals surface area contributed by atoms with Gasteiger partial charge in [-0.15, -0.1) is 0 Å². The number of nitrogens with one attached hydrogen (secondary N) is 1. The van der Waals surface area contributed by atoms with Gasteiger partial charge in [0, 0.05) is 12.6 Å². The topological polar surface area (TPSA) is 38.3 Å². The molecule has 3 nitrogen and oxygen atoms in total. The number of hydrogen-bond donors (Lipinski definition) is 1. The fraction of sp³-hybridized carbons (Fsp3) is 0.417. The molecule has 0 bridgehead atoms. The van der Waals surface area contributed by atoms with E-state index < -0.39 is 5.82 Å². The third-order valence-corrected chi connectivity index (χ3v) is 1.78. The van der Waals surface area contributed by atoms with Crippen LogP contribution in [0.25, 0.3) is 0 Å². The second kappa shape index (κ2) is 7.68. The number of anilines is 1. The van der Waals surface area contributed by atoms with Crippen LogP contribution in [0.15, 0.2) is 12.1 Å². The lowest BCUT2D eigenvalue weighted by Crippen LogP contribution is -1.99. The van der Waals surface area contributed by atoms with Gasteiger partial charge in [0.05, 0.1) is 5.69 Å². The minimum absolute atomic E-state index is 0.234. The molecule has 4 heteroatoms. The molecule has 16 heavy (non-hydrogen) atoms. The number of benzene rings is 1. The summed E-state index contributed by atoms with van der Waals surface area (Å²) in [6.07, 6.45) is 1.25. The molecule has 0 spiro atoms. The number of ether oxygens (including phenoxy) is 1. The number of rotatable bonds is 3. The molecule has 1 rings (SSSR count). The highest BCUT2D eigenvalue weighted by atomic mass is 19.1. The Morgan fingerprint density at radius 3 is 2.44 bits per heavy atom. The van der Waals surface area contributed by atoms with Crippen molar-refractivity contribution in [3.8, 4) is 5.75 Å². The van der Waals surface area contributed by atoms with Gasteiger partial charge in [0.2, 0.25) is 0 Å². The molecular formula is C12H18FNO2. The average Bonchev–Trinajstić information content (AvgIpc) is 2.27. The van der Waals surface area contributed by atoms with E-state index in [1.807, 2.05) is 0 Å². The van der Waals surface area contributed by atoms with Gasteiger partial charge < -0.3 is 10.1 Å². The van der Waals surface area contributed by atoms with E-state index in [0.717, 1.165) is 0 Å². The van der Waals surface area contributed by atoms with Crippen LogP contribution in [-0.4, -0.2) is 13.5 Å². The van der Waals surface area contributed by atoms with Crippen LogP contribution in [0.3, 0.4) is 0 Å². The van der Waals surface area contributed by atoms with Crippen molar-refractivity contribution in [2.75, 3.05) is 12.4 Å². The maximum atomic E-state index is 13.0. The summed E-state index contributed by atoms with van der Waals surface area (Å²) in [7, 11) is 1.67. The molecule has 1 aromatic rings. The Morgan fingerprint density at radius 1 is 1.44 bits per heavy atom. The van der Waals surface area contributed by atoms with Gasteiger partial charge in [-0.2, -0.15) is 0 Å². The molecule has 0 aliphatic carbocycles. The van der Waals surface area contributed by atoms with Gasteiger partial charge in [-0.25, -0.2) is 4.39 Å². The predicted molar refractivity (Wildman–Crippen MR) is 63.3 cm³/mol. The summed E-state index contributed by atoms with van der Waals surface area (Å²) >= 11 is 0. The zero-order valence-electron chi connectivity index (χ0n) is 10.1. The third-order valence-electron chi connectivity index (χ3n) is 1.78. The van der Waals surface area contributed by atoms with Crippen molar-refractivity contribution in [2.45, 2.75) is 27.2 Å². The molecular weight excluding hydrogens is 209 g/mol. The molecule has 0 unspecified atom stereocenters. The maximum absolute atomic E-state index is 13.0. The van der Waals surface area contributed by atoms with E-state index in [9.17, 15) is 9.18 Å². The molecule has 90 valence electrons. The summed E-state index contributed by atoms with van der Waals surface area (Å²) < 4.78 is 17.7. The smallest absolute Gasteiger partial charge is 0.298 e. The first-order chi connectivity index (χ1) is 7.62. The molecule has 0 saturated carbocycles. The monoisotopic (exact) mass is 227 g/mol. The Bertz CT molecular complexity index is 340. The van der Waals surface area contributed by atoms with E-state index in [1.165, 1.54) is 18.6 Å². The molecule has 0 aliphatic heterocycles. The molecule has 1 aromatic carbocycles. The van der Waals surface area contributed by atoms with Crippen molar-refractivity contribution in [1.29, 1.82) is 0 Å². The summed E-state index contributed by atoms with van der Waals surface area (Å²) in [5.74, 6) is -0.159. The zero-order valence-corrected chi connectivity index (χ0v) is 10.1. The van der Waals surface area contributed by atoms with Gasteiger partial charge in [-0.05, 0) is 19.1 Å². The van der Waals surface area contributed by atoms with Crippen molar-refractivity contribution in [1.82, 2.24) is 0 Å². The first-order valence-corrected chi connectivity index (χ1v) is 5.19. The van der Waals surface area contributed by atoms with Crippen LogP contribution in [0.5, 0.6) is 5.75 Å². The summed E-state index contributed by atoms with van der Waals surface area (Å²) in [4.78, 5) is 10.1. The molecule has 1 N–H and O–H groups in total. The van der Waals surface area contributed by atoms with Crippen molar-refractivity contribution < 1.29 is 13.9 Å². The Hall–Kier alpha value is -1.58. The highest BCUT2D eigenvalue weighted by Crippen LogP contribution is 2.29. The number of carbonyl (C=O) groups is 1. The highest BCUT2D eigenvalue weighted by molar-refractivity contribution is 5.63. The summed E-state index contributed by atoms with van der Waals surface area (Å²) in [5.41, 5.74) is 0.907. The van der Waals surface area contributed by atoms with E-state index in [2.05, 4.69) is 23.9 Å². The molecule has 0 aromatic heterocycles. The number of carbonyl (C=O) groups excluding carboxylic acids is 1. The van der Waals surface area contributed by atoms with Gasteiger partial charge >= 0.3 is 0 Å². The van der Waals surface area contributed by atoms with Crippen LogP contribution in [0.1, 0.15) is 25.8 Å². The first kappa shape index (κ1) is 14.4. The van der Waals surface area contributed by atoms with E-state index in [-0.39, 0.29) is 12.2 Å². The molecule has 0 amide bonds. The van der Waals surface area contributed by atoms with Crippen molar-refractivity contribution >= 4 is 12.2 Å². The highest BCUT2D eigenvalue weighted by Gasteiger charge is 2.09. The van der Waals surface area contributed by atoms with Crippen LogP contribution < -0.4 is 10.1 Å². The average molecular weight is 227 g/mol. The lowest BCUT2D eigenvalue weighted by Gasteiger charge is -2.09. The molecule has 0 radical (unpaired) electrons. The standard InChI is InChI=1S/C9H10FNO2.C3H8/c1-6-7(10)3-4-8(11-2)9(6)13-5-12;1-3-2/h3-5,11H,1-2H3;3H2,1-2H3. The summed E-state index contributed by atoms with van der Waals surface area (Å²) in [5, 5.41) is 2.80. The Morgan fingerprint density at radius 2 is 2.00 bits per heavy atom. The number of hydrogen-bond acceptors (Lipinski definition) is 3.